The summed E-state index contributed by atoms with van der Waals surface area (Å²) >= 11 is 2.95. The van der Waals surface area contributed by atoms with Gasteiger partial charge in [0.2, 0.25) is 11.1 Å². The van der Waals surface area contributed by atoms with Crippen LogP contribution in [0.5, 0.6) is 0 Å². The molecule has 2 heterocycles. The van der Waals surface area contributed by atoms with Gasteiger partial charge in [-0.2, -0.15) is 0 Å². The first-order valence-electron chi connectivity index (χ1n) is 9.71. The SMILES string of the molecule is Nn1c(SCC(=O)Nc2ccccc2SCc2ccccc2)nnc1C1CCCO1. The maximum atomic E-state index is 12.5. The summed E-state index contributed by atoms with van der Waals surface area (Å²) in [5, 5.41) is 11.7. The number of thioether (sulfide) groups is 2. The number of anilines is 1. The number of nitrogens with two attached hydrogens (primary N) is 1. The predicted octanol–water partition coefficient (Wildman–Crippen LogP) is 3.87. The topological polar surface area (TPSA) is 95.1 Å². The summed E-state index contributed by atoms with van der Waals surface area (Å²) < 4.78 is 7.04. The first-order chi connectivity index (χ1) is 14.7. The van der Waals surface area contributed by atoms with Gasteiger partial charge < -0.3 is 15.9 Å². The van der Waals surface area contributed by atoms with Crippen LogP contribution in [0.3, 0.4) is 0 Å². The zero-order chi connectivity index (χ0) is 20.8. The third-order valence-electron chi connectivity index (χ3n) is 4.64. The molecule has 0 spiro atoms. The van der Waals surface area contributed by atoms with Crippen LogP contribution in [0.25, 0.3) is 0 Å². The smallest absolute Gasteiger partial charge is 0.234 e. The Morgan fingerprint density at radius 1 is 1.13 bits per heavy atom. The van der Waals surface area contributed by atoms with Crippen LogP contribution in [-0.2, 0) is 15.3 Å². The first-order valence-corrected chi connectivity index (χ1v) is 11.7. The van der Waals surface area contributed by atoms with E-state index in [0.717, 1.165) is 29.2 Å². The minimum Gasteiger partial charge on any atom is -0.370 e. The fourth-order valence-electron chi connectivity index (χ4n) is 3.14. The van der Waals surface area contributed by atoms with E-state index in [2.05, 4.69) is 27.6 Å². The molecule has 0 radical (unpaired) electrons. The Kier molecular flexibility index (Phi) is 6.93. The van der Waals surface area contributed by atoms with Crippen LogP contribution in [0.1, 0.15) is 30.3 Å². The third kappa shape index (κ3) is 5.16. The van der Waals surface area contributed by atoms with E-state index >= 15 is 0 Å². The summed E-state index contributed by atoms with van der Waals surface area (Å²) in [5.41, 5.74) is 2.04. The van der Waals surface area contributed by atoms with Crippen LogP contribution in [0, 0.1) is 0 Å². The lowest BCUT2D eigenvalue weighted by atomic mass is 10.2. The number of rotatable bonds is 8. The van der Waals surface area contributed by atoms with Crippen molar-refractivity contribution in [2.24, 2.45) is 0 Å². The molecule has 3 N–H and O–H groups in total. The molecule has 2 aromatic carbocycles. The van der Waals surface area contributed by atoms with E-state index in [9.17, 15) is 4.79 Å². The van der Waals surface area contributed by atoms with Gasteiger partial charge in [-0.3, -0.25) is 4.79 Å². The molecule has 1 fully saturated rings. The Morgan fingerprint density at radius 3 is 2.73 bits per heavy atom. The van der Waals surface area contributed by atoms with E-state index in [1.54, 1.807) is 11.8 Å². The number of hydrogen-bond donors (Lipinski definition) is 2. The van der Waals surface area contributed by atoms with Crippen molar-refractivity contribution in [1.29, 1.82) is 0 Å². The highest BCUT2D eigenvalue weighted by atomic mass is 32.2. The fraction of sp³-hybridized carbons (Fsp3) is 0.286. The lowest BCUT2D eigenvalue weighted by molar-refractivity contribution is -0.113. The maximum Gasteiger partial charge on any atom is 0.234 e. The molecule has 0 saturated carbocycles. The van der Waals surface area contributed by atoms with E-state index in [0.29, 0.717) is 17.6 Å². The van der Waals surface area contributed by atoms with Gasteiger partial charge in [-0.1, -0.05) is 54.2 Å². The number of benzene rings is 2. The molecule has 7 nitrogen and oxygen atoms in total. The second-order valence-electron chi connectivity index (χ2n) is 6.82. The number of nitrogen functional groups attached to an aromatic ring is 1. The number of carbonyl (C=O) groups is 1. The zero-order valence-electron chi connectivity index (χ0n) is 16.4. The van der Waals surface area contributed by atoms with E-state index in [1.807, 2.05) is 42.5 Å². The highest BCUT2D eigenvalue weighted by Crippen LogP contribution is 2.31. The van der Waals surface area contributed by atoms with E-state index in [4.69, 9.17) is 10.6 Å². The number of hydrogen-bond acceptors (Lipinski definition) is 7. The van der Waals surface area contributed by atoms with Crippen LogP contribution in [0.2, 0.25) is 0 Å². The molecule has 9 heteroatoms. The van der Waals surface area contributed by atoms with Crippen LogP contribution in [0.4, 0.5) is 5.69 Å². The molecule has 1 saturated heterocycles. The largest absolute Gasteiger partial charge is 0.370 e. The Balaban J connectivity index is 1.33. The lowest BCUT2D eigenvalue weighted by Gasteiger charge is -2.11. The molecular weight excluding hydrogens is 418 g/mol. The van der Waals surface area contributed by atoms with Crippen molar-refractivity contribution in [3.05, 3.63) is 66.0 Å². The monoisotopic (exact) mass is 441 g/mol. The van der Waals surface area contributed by atoms with E-state index in [-0.39, 0.29) is 17.8 Å². The van der Waals surface area contributed by atoms with Gasteiger partial charge in [0.05, 0.1) is 11.4 Å². The molecule has 4 rings (SSSR count). The molecule has 1 unspecified atom stereocenters. The number of nitrogens with zero attached hydrogens (tertiary/aromatic N) is 3. The average Bonchev–Trinajstić information content (AvgIpc) is 3.42. The molecule has 156 valence electrons. The summed E-state index contributed by atoms with van der Waals surface area (Å²) in [6.45, 7) is 0.712. The maximum absolute atomic E-state index is 12.5. The number of ether oxygens (including phenoxy) is 1. The van der Waals surface area contributed by atoms with E-state index in [1.165, 1.54) is 22.0 Å². The van der Waals surface area contributed by atoms with Crippen molar-refractivity contribution in [2.45, 2.75) is 34.8 Å². The predicted molar refractivity (Wildman–Crippen MR) is 120 cm³/mol. The van der Waals surface area contributed by atoms with Gasteiger partial charge in [-0.15, -0.1) is 22.0 Å². The lowest BCUT2D eigenvalue weighted by Crippen LogP contribution is -2.18. The number of amides is 1. The quantitative estimate of drug-likeness (QED) is 0.405. The number of carbonyl (C=O) groups excluding carboxylic acids is 1. The summed E-state index contributed by atoms with van der Waals surface area (Å²) in [6.07, 6.45) is 1.77. The summed E-state index contributed by atoms with van der Waals surface area (Å²) in [4.78, 5) is 13.6. The molecule has 0 aliphatic carbocycles. The van der Waals surface area contributed by atoms with Crippen molar-refractivity contribution >= 4 is 35.1 Å². The summed E-state index contributed by atoms with van der Waals surface area (Å²) in [6, 6.07) is 18.1. The van der Waals surface area contributed by atoms with Gasteiger partial charge in [0.25, 0.3) is 0 Å². The minimum absolute atomic E-state index is 0.112. The average molecular weight is 442 g/mol. The van der Waals surface area contributed by atoms with Crippen LogP contribution in [0.15, 0.2) is 64.6 Å². The van der Waals surface area contributed by atoms with Crippen molar-refractivity contribution in [2.75, 3.05) is 23.5 Å². The van der Waals surface area contributed by atoms with Gasteiger partial charge in [-0.25, -0.2) is 4.68 Å². The first kappa shape index (κ1) is 20.8. The second kappa shape index (κ2) is 10.0. The minimum atomic E-state index is -0.116. The Morgan fingerprint density at radius 2 is 1.93 bits per heavy atom. The Bertz CT molecular complexity index is 990. The van der Waals surface area contributed by atoms with Crippen molar-refractivity contribution in [3.8, 4) is 0 Å². The van der Waals surface area contributed by atoms with Crippen molar-refractivity contribution in [3.63, 3.8) is 0 Å². The number of aromatic nitrogens is 3. The van der Waals surface area contributed by atoms with Crippen LogP contribution in [-0.4, -0.2) is 33.1 Å². The fourth-order valence-corrected chi connectivity index (χ4v) is 4.76. The molecule has 1 atom stereocenters. The van der Waals surface area contributed by atoms with Crippen molar-refractivity contribution in [1.82, 2.24) is 14.9 Å². The highest BCUT2D eigenvalue weighted by Gasteiger charge is 2.25. The normalized spacial score (nSPS) is 15.9. The Labute approximate surface area is 183 Å². The van der Waals surface area contributed by atoms with E-state index < -0.39 is 0 Å². The summed E-state index contributed by atoms with van der Waals surface area (Å²) in [7, 11) is 0. The molecule has 1 aliphatic heterocycles. The molecular formula is C21H23N5O2S2. The van der Waals surface area contributed by atoms with Gasteiger partial charge in [-0.05, 0) is 30.5 Å². The molecule has 1 amide bonds. The zero-order valence-corrected chi connectivity index (χ0v) is 18.0. The second-order valence-corrected chi connectivity index (χ2v) is 8.78. The summed E-state index contributed by atoms with van der Waals surface area (Å²) in [5.74, 6) is 7.62. The van der Waals surface area contributed by atoms with Gasteiger partial charge >= 0.3 is 0 Å². The molecule has 0 bridgehead atoms. The van der Waals surface area contributed by atoms with Crippen LogP contribution >= 0.6 is 23.5 Å². The van der Waals surface area contributed by atoms with Crippen molar-refractivity contribution < 1.29 is 9.53 Å². The Hall–Kier alpha value is -2.49. The molecule has 3 aromatic rings. The van der Waals surface area contributed by atoms with Gasteiger partial charge in [0.1, 0.15) is 6.10 Å². The van der Waals surface area contributed by atoms with Crippen LogP contribution < -0.4 is 11.2 Å². The standard InChI is InChI=1S/C21H23N5O2S2/c22-26-20(17-10-6-12-28-17)24-25-21(26)30-14-19(27)23-16-9-4-5-11-18(16)29-13-15-7-2-1-3-8-15/h1-5,7-9,11,17H,6,10,12-14,22H2,(H,23,27). The number of para-hydroxylation sites is 1. The molecule has 1 aromatic heterocycles. The van der Waals surface area contributed by atoms with Gasteiger partial charge in [0, 0.05) is 17.3 Å². The number of nitrogens with one attached hydrogen (secondary N) is 1. The third-order valence-corrected chi connectivity index (χ3v) is 6.73. The molecule has 30 heavy (non-hydrogen) atoms. The van der Waals surface area contributed by atoms with Gasteiger partial charge in [0.15, 0.2) is 5.82 Å². The highest BCUT2D eigenvalue weighted by molar-refractivity contribution is 7.99. The molecule has 1 aliphatic rings.